The number of hydrogen-bond donors (Lipinski definition) is 1. The van der Waals surface area contributed by atoms with Crippen molar-refractivity contribution in [1.29, 1.82) is 0 Å². The summed E-state index contributed by atoms with van der Waals surface area (Å²) >= 11 is 0. The van der Waals surface area contributed by atoms with Crippen LogP contribution in [0.1, 0.15) is 13.8 Å². The molecule has 0 bridgehead atoms. The molecular formula is C6H11O2P. The molecule has 0 rings (SSSR count). The van der Waals surface area contributed by atoms with E-state index in [1.807, 2.05) is 0 Å². The Balaban J connectivity index is 4.21. The molecule has 9 heavy (non-hydrogen) atoms. The van der Waals surface area contributed by atoms with Crippen LogP contribution in [-0.2, 0) is 4.57 Å². The Bertz CT molecular complexity index is 154. The summed E-state index contributed by atoms with van der Waals surface area (Å²) in [4.78, 5) is 8.90. The maximum absolute atomic E-state index is 10.8. The van der Waals surface area contributed by atoms with Crippen LogP contribution in [0.4, 0.5) is 0 Å². The van der Waals surface area contributed by atoms with E-state index in [-0.39, 0.29) is 0 Å². The monoisotopic (exact) mass is 146 g/mol. The van der Waals surface area contributed by atoms with Gasteiger partial charge in [-0.25, -0.2) is 0 Å². The van der Waals surface area contributed by atoms with Crippen LogP contribution in [0.3, 0.4) is 0 Å². The first-order valence-electron chi connectivity index (χ1n) is 2.72. The zero-order valence-electron chi connectivity index (χ0n) is 5.61. The molecule has 1 N–H and O–H groups in total. The van der Waals surface area contributed by atoms with E-state index in [0.717, 1.165) is 0 Å². The van der Waals surface area contributed by atoms with Crippen LogP contribution in [0.5, 0.6) is 0 Å². The first-order chi connectivity index (χ1) is 4.12. The van der Waals surface area contributed by atoms with E-state index in [2.05, 4.69) is 0 Å². The van der Waals surface area contributed by atoms with E-state index >= 15 is 0 Å². The largest absolute Gasteiger partial charge is 0.339 e. The van der Waals surface area contributed by atoms with Crippen molar-refractivity contribution in [2.45, 2.75) is 13.8 Å². The SMILES string of the molecule is C/C=C/P(=O)(O)/C=C/C. The van der Waals surface area contributed by atoms with Crippen LogP contribution in [0.15, 0.2) is 23.8 Å². The fourth-order valence-electron chi connectivity index (χ4n) is 0.477. The average Bonchev–Trinajstić information content (AvgIpc) is 1.64. The minimum absolute atomic E-state index is 1.30. The van der Waals surface area contributed by atoms with Gasteiger partial charge in [0.2, 0.25) is 7.37 Å². The third-order valence-corrected chi connectivity index (χ3v) is 2.18. The van der Waals surface area contributed by atoms with Gasteiger partial charge in [-0.3, -0.25) is 4.57 Å². The smallest absolute Gasteiger partial charge is 0.244 e. The molecule has 0 saturated heterocycles. The Morgan fingerprint density at radius 2 is 1.56 bits per heavy atom. The standard InChI is InChI=1S/C6H11O2P/c1-3-5-9(7,8)6-4-2/h3-6H,1-2H3,(H,7,8)/b5-3+,6-4+. The molecule has 0 heterocycles. The Morgan fingerprint density at radius 1 is 1.22 bits per heavy atom. The molecule has 3 heteroatoms. The molecule has 0 fully saturated rings. The minimum atomic E-state index is -3.05. The highest BCUT2D eigenvalue weighted by Gasteiger charge is 2.04. The molecule has 0 amide bonds. The summed E-state index contributed by atoms with van der Waals surface area (Å²) in [5.41, 5.74) is 0. The van der Waals surface area contributed by atoms with Gasteiger partial charge in [-0.1, -0.05) is 12.2 Å². The van der Waals surface area contributed by atoms with Crippen LogP contribution in [0.25, 0.3) is 0 Å². The van der Waals surface area contributed by atoms with Crippen molar-refractivity contribution in [2.75, 3.05) is 0 Å². The normalized spacial score (nSPS) is 13.7. The Morgan fingerprint density at radius 3 is 1.78 bits per heavy atom. The van der Waals surface area contributed by atoms with Crippen LogP contribution in [0.2, 0.25) is 0 Å². The second-order valence-corrected chi connectivity index (χ2v) is 3.58. The van der Waals surface area contributed by atoms with Crippen LogP contribution in [-0.4, -0.2) is 4.89 Å². The lowest BCUT2D eigenvalue weighted by Crippen LogP contribution is -1.64. The fraction of sp³-hybridized carbons (Fsp3) is 0.333. The van der Waals surface area contributed by atoms with E-state index in [9.17, 15) is 4.57 Å². The maximum Gasteiger partial charge on any atom is 0.244 e. The van der Waals surface area contributed by atoms with Crippen molar-refractivity contribution < 1.29 is 9.46 Å². The van der Waals surface area contributed by atoms with Gasteiger partial charge in [-0.05, 0) is 25.5 Å². The quantitative estimate of drug-likeness (QED) is 0.607. The van der Waals surface area contributed by atoms with E-state index < -0.39 is 7.37 Å². The van der Waals surface area contributed by atoms with Gasteiger partial charge >= 0.3 is 0 Å². The molecule has 0 aliphatic rings. The maximum atomic E-state index is 10.8. The summed E-state index contributed by atoms with van der Waals surface area (Å²) in [6.45, 7) is 3.43. The molecule has 0 atom stereocenters. The molecule has 2 nitrogen and oxygen atoms in total. The summed E-state index contributed by atoms with van der Waals surface area (Å²) in [5, 5.41) is 0. The van der Waals surface area contributed by atoms with E-state index in [0.29, 0.717) is 0 Å². The fourth-order valence-corrected chi connectivity index (χ4v) is 1.43. The lowest BCUT2D eigenvalue weighted by Gasteiger charge is -1.95. The van der Waals surface area contributed by atoms with Crippen molar-refractivity contribution in [3.8, 4) is 0 Å². The molecule has 0 spiro atoms. The van der Waals surface area contributed by atoms with Gasteiger partial charge in [0.15, 0.2) is 0 Å². The van der Waals surface area contributed by atoms with Gasteiger partial charge in [0.25, 0.3) is 0 Å². The minimum Gasteiger partial charge on any atom is -0.339 e. The molecule has 0 aliphatic carbocycles. The van der Waals surface area contributed by atoms with Crippen LogP contribution < -0.4 is 0 Å². The van der Waals surface area contributed by atoms with Crippen molar-refractivity contribution in [3.63, 3.8) is 0 Å². The van der Waals surface area contributed by atoms with Gasteiger partial charge in [0.1, 0.15) is 0 Å². The zero-order chi connectivity index (χ0) is 7.33. The van der Waals surface area contributed by atoms with Crippen molar-refractivity contribution >= 4 is 7.37 Å². The molecule has 0 aliphatic heterocycles. The topological polar surface area (TPSA) is 37.3 Å². The molecule has 0 saturated carbocycles. The van der Waals surface area contributed by atoms with E-state index in [4.69, 9.17) is 4.89 Å². The summed E-state index contributed by atoms with van der Waals surface area (Å²) in [6.07, 6.45) is 3.14. The molecular weight excluding hydrogens is 135 g/mol. The number of allylic oxidation sites excluding steroid dienone is 2. The third-order valence-electron chi connectivity index (χ3n) is 0.725. The Labute approximate surface area is 55.4 Å². The summed E-state index contributed by atoms with van der Waals surface area (Å²) in [5.74, 6) is 2.60. The molecule has 0 aromatic rings. The summed E-state index contributed by atoms with van der Waals surface area (Å²) in [7, 11) is -3.05. The van der Waals surface area contributed by atoms with Gasteiger partial charge in [0, 0.05) is 0 Å². The zero-order valence-corrected chi connectivity index (χ0v) is 6.51. The van der Waals surface area contributed by atoms with E-state index in [1.165, 1.54) is 11.6 Å². The summed E-state index contributed by atoms with van der Waals surface area (Å²) < 4.78 is 10.8. The highest BCUT2D eigenvalue weighted by atomic mass is 31.2. The van der Waals surface area contributed by atoms with Crippen molar-refractivity contribution in [1.82, 2.24) is 0 Å². The van der Waals surface area contributed by atoms with Gasteiger partial charge in [-0.15, -0.1) is 0 Å². The van der Waals surface area contributed by atoms with Crippen molar-refractivity contribution in [3.05, 3.63) is 23.8 Å². The lowest BCUT2D eigenvalue weighted by molar-refractivity contribution is 0.499. The molecule has 0 unspecified atom stereocenters. The summed E-state index contributed by atoms with van der Waals surface area (Å²) in [6, 6.07) is 0. The lowest BCUT2D eigenvalue weighted by atomic mass is 10.8. The van der Waals surface area contributed by atoms with Gasteiger partial charge < -0.3 is 4.89 Å². The second-order valence-electron chi connectivity index (χ2n) is 1.64. The second kappa shape index (κ2) is 3.65. The van der Waals surface area contributed by atoms with Crippen LogP contribution in [0, 0.1) is 0 Å². The first kappa shape index (κ1) is 8.67. The Hall–Kier alpha value is -0.330. The molecule has 52 valence electrons. The van der Waals surface area contributed by atoms with Gasteiger partial charge in [-0.2, -0.15) is 0 Å². The number of hydrogen-bond acceptors (Lipinski definition) is 1. The first-order valence-corrected chi connectivity index (χ1v) is 4.52. The van der Waals surface area contributed by atoms with E-state index in [1.54, 1.807) is 26.0 Å². The molecule has 0 aromatic carbocycles. The highest BCUT2D eigenvalue weighted by molar-refractivity contribution is 7.64. The molecule has 0 aromatic heterocycles. The highest BCUT2D eigenvalue weighted by Crippen LogP contribution is 2.43. The predicted molar refractivity (Wildman–Crippen MR) is 39.5 cm³/mol. The average molecular weight is 146 g/mol. The van der Waals surface area contributed by atoms with Crippen LogP contribution >= 0.6 is 7.37 Å². The third kappa shape index (κ3) is 4.19. The van der Waals surface area contributed by atoms with Gasteiger partial charge in [0.05, 0.1) is 0 Å². The Kier molecular flexibility index (Phi) is 3.52. The van der Waals surface area contributed by atoms with Crippen molar-refractivity contribution in [2.24, 2.45) is 0 Å². The molecule has 0 radical (unpaired) electrons. The number of rotatable bonds is 2. The predicted octanol–water partition coefficient (Wildman–Crippen LogP) is 2.32.